The van der Waals surface area contributed by atoms with Crippen molar-refractivity contribution in [2.24, 2.45) is 5.92 Å². The van der Waals surface area contributed by atoms with Gasteiger partial charge in [-0.05, 0) is 31.2 Å². The Labute approximate surface area is 116 Å². The van der Waals surface area contributed by atoms with Gasteiger partial charge in [-0.1, -0.05) is 6.07 Å². The van der Waals surface area contributed by atoms with Crippen LogP contribution in [0.1, 0.15) is 18.2 Å². The monoisotopic (exact) mass is 282 g/mol. The van der Waals surface area contributed by atoms with E-state index in [1.54, 1.807) is 23.2 Å². The van der Waals surface area contributed by atoms with E-state index >= 15 is 0 Å². The van der Waals surface area contributed by atoms with Gasteiger partial charge in [-0.25, -0.2) is 4.79 Å². The van der Waals surface area contributed by atoms with Crippen LogP contribution in [-0.4, -0.2) is 41.1 Å². The number of rotatable bonds is 4. The molecule has 1 aromatic rings. The van der Waals surface area contributed by atoms with Crippen molar-refractivity contribution in [1.29, 1.82) is 0 Å². The maximum Gasteiger partial charge on any atom is 0.317 e. The molecule has 2 N–H and O–H groups in total. The zero-order valence-electron chi connectivity index (χ0n) is 10.8. The predicted molar refractivity (Wildman–Crippen MR) is 73.3 cm³/mol. The molecule has 2 atom stereocenters. The number of nitrogens with zero attached hydrogens (tertiary/aromatic N) is 1. The Morgan fingerprint density at radius 3 is 2.95 bits per heavy atom. The second-order valence-electron chi connectivity index (χ2n) is 4.73. The van der Waals surface area contributed by atoms with Crippen LogP contribution in [0.25, 0.3) is 0 Å². The van der Waals surface area contributed by atoms with E-state index in [4.69, 9.17) is 5.11 Å². The number of urea groups is 1. The molecule has 2 heterocycles. The van der Waals surface area contributed by atoms with Crippen molar-refractivity contribution in [2.45, 2.75) is 25.8 Å². The van der Waals surface area contributed by atoms with Crippen LogP contribution >= 0.6 is 11.3 Å². The molecule has 1 aliphatic heterocycles. The van der Waals surface area contributed by atoms with E-state index in [-0.39, 0.29) is 12.1 Å². The summed E-state index contributed by atoms with van der Waals surface area (Å²) in [5, 5.41) is 13.9. The normalized spacial score (nSPS) is 22.5. The van der Waals surface area contributed by atoms with Crippen molar-refractivity contribution in [3.8, 4) is 0 Å². The SMILES string of the molecule is CC1C(C(=O)O)CCN1C(=O)NCCc1cccs1. The molecule has 0 spiro atoms. The quantitative estimate of drug-likeness (QED) is 0.884. The van der Waals surface area contributed by atoms with Gasteiger partial charge in [0.15, 0.2) is 0 Å². The van der Waals surface area contributed by atoms with Crippen molar-refractivity contribution in [3.05, 3.63) is 22.4 Å². The highest BCUT2D eigenvalue weighted by molar-refractivity contribution is 7.09. The number of nitrogens with one attached hydrogen (secondary N) is 1. The molecule has 0 aliphatic carbocycles. The summed E-state index contributed by atoms with van der Waals surface area (Å²) in [5.74, 6) is -1.26. The maximum atomic E-state index is 12.0. The molecule has 2 amide bonds. The second-order valence-corrected chi connectivity index (χ2v) is 5.76. The first-order valence-electron chi connectivity index (χ1n) is 6.39. The summed E-state index contributed by atoms with van der Waals surface area (Å²) < 4.78 is 0. The molecule has 2 rings (SSSR count). The summed E-state index contributed by atoms with van der Waals surface area (Å²) in [6.45, 7) is 2.90. The molecule has 1 aliphatic rings. The minimum atomic E-state index is -0.818. The summed E-state index contributed by atoms with van der Waals surface area (Å²) in [6, 6.07) is 3.63. The lowest BCUT2D eigenvalue weighted by molar-refractivity contribution is -0.142. The average Bonchev–Trinajstić information content (AvgIpc) is 2.98. The summed E-state index contributed by atoms with van der Waals surface area (Å²) in [5.41, 5.74) is 0. The van der Waals surface area contributed by atoms with E-state index in [9.17, 15) is 9.59 Å². The summed E-state index contributed by atoms with van der Waals surface area (Å²) >= 11 is 1.67. The number of carbonyl (C=O) groups is 2. The summed E-state index contributed by atoms with van der Waals surface area (Å²) in [7, 11) is 0. The smallest absolute Gasteiger partial charge is 0.317 e. The number of carboxylic acid groups (broad SMARTS) is 1. The molecule has 0 radical (unpaired) electrons. The Hall–Kier alpha value is -1.56. The highest BCUT2D eigenvalue weighted by atomic mass is 32.1. The number of thiophene rings is 1. The summed E-state index contributed by atoms with van der Waals surface area (Å²) in [4.78, 5) is 25.8. The zero-order valence-corrected chi connectivity index (χ0v) is 11.7. The van der Waals surface area contributed by atoms with Gasteiger partial charge in [-0.3, -0.25) is 4.79 Å². The van der Waals surface area contributed by atoms with Gasteiger partial charge in [0.25, 0.3) is 0 Å². The number of hydrogen-bond acceptors (Lipinski definition) is 3. The molecule has 6 heteroatoms. The van der Waals surface area contributed by atoms with Crippen molar-refractivity contribution in [3.63, 3.8) is 0 Å². The van der Waals surface area contributed by atoms with E-state index in [0.717, 1.165) is 6.42 Å². The van der Waals surface area contributed by atoms with Gasteiger partial charge < -0.3 is 15.3 Å². The molecule has 5 nitrogen and oxygen atoms in total. The predicted octanol–water partition coefficient (Wildman–Crippen LogP) is 1.80. The lowest BCUT2D eigenvalue weighted by atomic mass is 10.0. The Bertz CT molecular complexity index is 447. The van der Waals surface area contributed by atoms with Gasteiger partial charge >= 0.3 is 12.0 Å². The second kappa shape index (κ2) is 6.06. The van der Waals surface area contributed by atoms with Gasteiger partial charge in [-0.2, -0.15) is 0 Å². The van der Waals surface area contributed by atoms with Crippen molar-refractivity contribution in [2.75, 3.05) is 13.1 Å². The maximum absolute atomic E-state index is 12.0. The standard InChI is InChI=1S/C13H18N2O3S/c1-9-11(12(16)17)5-7-15(9)13(18)14-6-4-10-3-2-8-19-10/h2-3,8-9,11H,4-7H2,1H3,(H,14,18)(H,16,17). The van der Waals surface area contributed by atoms with Gasteiger partial charge in [-0.15, -0.1) is 11.3 Å². The first kappa shape index (κ1) is 13.9. The van der Waals surface area contributed by atoms with E-state index in [1.807, 2.05) is 17.5 Å². The van der Waals surface area contributed by atoms with Crippen LogP contribution in [0.3, 0.4) is 0 Å². The zero-order chi connectivity index (χ0) is 13.8. The van der Waals surface area contributed by atoms with Crippen LogP contribution in [0, 0.1) is 5.92 Å². The molecule has 19 heavy (non-hydrogen) atoms. The fraction of sp³-hybridized carbons (Fsp3) is 0.538. The molecule has 104 valence electrons. The number of carbonyl (C=O) groups excluding carboxylic acids is 1. The summed E-state index contributed by atoms with van der Waals surface area (Å²) in [6.07, 6.45) is 1.35. The molecular formula is C13H18N2O3S. The Balaban J connectivity index is 1.79. The van der Waals surface area contributed by atoms with Crippen LogP contribution in [0.15, 0.2) is 17.5 Å². The number of likely N-dealkylation sites (tertiary alicyclic amines) is 1. The number of carboxylic acids is 1. The Kier molecular flexibility index (Phi) is 4.42. The first-order chi connectivity index (χ1) is 9.09. The van der Waals surface area contributed by atoms with Crippen LogP contribution < -0.4 is 5.32 Å². The molecule has 1 aromatic heterocycles. The third-order valence-corrected chi connectivity index (χ3v) is 4.50. The molecule has 0 saturated carbocycles. The van der Waals surface area contributed by atoms with Crippen LogP contribution in [0.5, 0.6) is 0 Å². The molecule has 0 bridgehead atoms. The Morgan fingerprint density at radius 2 is 2.37 bits per heavy atom. The molecular weight excluding hydrogens is 264 g/mol. The molecule has 2 unspecified atom stereocenters. The van der Waals surface area contributed by atoms with Crippen LogP contribution in [-0.2, 0) is 11.2 Å². The number of hydrogen-bond donors (Lipinski definition) is 2. The van der Waals surface area contributed by atoms with Crippen LogP contribution in [0.2, 0.25) is 0 Å². The minimum absolute atomic E-state index is 0.159. The van der Waals surface area contributed by atoms with E-state index < -0.39 is 11.9 Å². The van der Waals surface area contributed by atoms with Gasteiger partial charge in [0.1, 0.15) is 0 Å². The third-order valence-electron chi connectivity index (χ3n) is 3.56. The first-order valence-corrected chi connectivity index (χ1v) is 7.27. The van der Waals surface area contributed by atoms with Crippen molar-refractivity contribution >= 4 is 23.3 Å². The fourth-order valence-corrected chi connectivity index (χ4v) is 3.11. The minimum Gasteiger partial charge on any atom is -0.481 e. The van der Waals surface area contributed by atoms with Gasteiger partial charge in [0.05, 0.1) is 5.92 Å². The third kappa shape index (κ3) is 3.26. The van der Waals surface area contributed by atoms with Crippen molar-refractivity contribution in [1.82, 2.24) is 10.2 Å². The largest absolute Gasteiger partial charge is 0.481 e. The molecule has 1 saturated heterocycles. The van der Waals surface area contributed by atoms with Crippen LogP contribution in [0.4, 0.5) is 4.79 Å². The van der Waals surface area contributed by atoms with Crippen molar-refractivity contribution < 1.29 is 14.7 Å². The molecule has 0 aromatic carbocycles. The van der Waals surface area contributed by atoms with Gasteiger partial charge in [0, 0.05) is 24.0 Å². The number of aliphatic carboxylic acids is 1. The topological polar surface area (TPSA) is 69.6 Å². The van der Waals surface area contributed by atoms with Gasteiger partial charge in [0.2, 0.25) is 0 Å². The molecule has 1 fully saturated rings. The highest BCUT2D eigenvalue weighted by Gasteiger charge is 2.37. The van der Waals surface area contributed by atoms with E-state index in [0.29, 0.717) is 19.5 Å². The lowest BCUT2D eigenvalue weighted by Crippen LogP contribution is -2.44. The Morgan fingerprint density at radius 1 is 1.58 bits per heavy atom. The lowest BCUT2D eigenvalue weighted by Gasteiger charge is -2.23. The number of amides is 2. The van der Waals surface area contributed by atoms with E-state index in [2.05, 4.69) is 5.32 Å². The van der Waals surface area contributed by atoms with E-state index in [1.165, 1.54) is 4.88 Å². The average molecular weight is 282 g/mol. The fourth-order valence-electron chi connectivity index (χ4n) is 2.41. The highest BCUT2D eigenvalue weighted by Crippen LogP contribution is 2.24.